The maximum atomic E-state index is 5.95. The van der Waals surface area contributed by atoms with E-state index in [4.69, 9.17) is 10.7 Å². The Kier molecular flexibility index (Phi) is 2.88. The van der Waals surface area contributed by atoms with E-state index in [0.717, 1.165) is 18.8 Å². The molecule has 78 valence electrons. The van der Waals surface area contributed by atoms with E-state index in [2.05, 4.69) is 13.8 Å². The molecule has 1 saturated carbocycles. The topological polar surface area (TPSA) is 38.9 Å². The Bertz CT molecular complexity index is 313. The first-order valence-electron chi connectivity index (χ1n) is 5.47. The van der Waals surface area contributed by atoms with E-state index in [-0.39, 0.29) is 6.04 Å². The third-order valence-electron chi connectivity index (χ3n) is 2.57. The first-order chi connectivity index (χ1) is 6.72. The first-order valence-corrected chi connectivity index (χ1v) is 6.29. The van der Waals surface area contributed by atoms with Crippen LogP contribution in [-0.4, -0.2) is 4.98 Å². The lowest BCUT2D eigenvalue weighted by Crippen LogP contribution is -2.05. The molecule has 1 fully saturated rings. The molecule has 0 bridgehead atoms. The van der Waals surface area contributed by atoms with Crippen LogP contribution in [0.2, 0.25) is 0 Å². The van der Waals surface area contributed by atoms with Crippen molar-refractivity contribution >= 4 is 11.3 Å². The highest BCUT2D eigenvalue weighted by molar-refractivity contribution is 7.12. The van der Waals surface area contributed by atoms with Gasteiger partial charge in [0.2, 0.25) is 0 Å². The molecule has 1 heterocycles. The van der Waals surface area contributed by atoms with E-state index in [0.29, 0.717) is 0 Å². The lowest BCUT2D eigenvalue weighted by molar-refractivity contribution is 0.790. The average molecular weight is 210 g/mol. The molecule has 14 heavy (non-hydrogen) atoms. The minimum Gasteiger partial charge on any atom is -0.323 e. The molecule has 0 aromatic carbocycles. The van der Waals surface area contributed by atoms with Gasteiger partial charge in [-0.1, -0.05) is 13.3 Å². The fourth-order valence-corrected chi connectivity index (χ4v) is 2.89. The van der Waals surface area contributed by atoms with Crippen molar-refractivity contribution in [2.24, 2.45) is 5.73 Å². The molecule has 0 amide bonds. The maximum Gasteiger partial charge on any atom is 0.0962 e. The molecule has 0 spiro atoms. The van der Waals surface area contributed by atoms with Crippen LogP contribution in [0.15, 0.2) is 0 Å². The molecule has 0 aliphatic heterocycles. The monoisotopic (exact) mass is 210 g/mol. The quantitative estimate of drug-likeness (QED) is 0.829. The highest BCUT2D eigenvalue weighted by Crippen LogP contribution is 2.43. The van der Waals surface area contributed by atoms with E-state index in [1.165, 1.54) is 28.4 Å². The number of rotatable bonds is 4. The zero-order valence-electron chi connectivity index (χ0n) is 8.92. The van der Waals surface area contributed by atoms with Gasteiger partial charge >= 0.3 is 0 Å². The number of aromatic nitrogens is 1. The summed E-state index contributed by atoms with van der Waals surface area (Å²) < 4.78 is 0. The van der Waals surface area contributed by atoms with Gasteiger partial charge in [0.15, 0.2) is 0 Å². The van der Waals surface area contributed by atoms with E-state index in [9.17, 15) is 0 Å². The molecule has 1 aliphatic carbocycles. The lowest BCUT2D eigenvalue weighted by atomic mass is 10.2. The highest BCUT2D eigenvalue weighted by Gasteiger charge is 2.28. The number of nitrogens with two attached hydrogens (primary N) is 1. The standard InChI is InChI=1S/C11H18N2S/c1-3-4-9-10(7(2)12)14-11(13-9)8-5-6-8/h7-8H,3-6,12H2,1-2H3. The Morgan fingerprint density at radius 1 is 1.57 bits per heavy atom. The summed E-state index contributed by atoms with van der Waals surface area (Å²) in [7, 11) is 0. The van der Waals surface area contributed by atoms with E-state index < -0.39 is 0 Å². The van der Waals surface area contributed by atoms with Gasteiger partial charge in [-0.05, 0) is 26.2 Å². The van der Waals surface area contributed by atoms with Crippen molar-refractivity contribution in [3.63, 3.8) is 0 Å². The van der Waals surface area contributed by atoms with Crippen molar-refractivity contribution in [3.8, 4) is 0 Å². The van der Waals surface area contributed by atoms with Gasteiger partial charge in [0, 0.05) is 16.8 Å². The van der Waals surface area contributed by atoms with Gasteiger partial charge in [-0.25, -0.2) is 4.98 Å². The Hall–Kier alpha value is -0.410. The minimum absolute atomic E-state index is 0.154. The number of thiazole rings is 1. The summed E-state index contributed by atoms with van der Waals surface area (Å²) in [6, 6.07) is 0.154. The Labute approximate surface area is 89.5 Å². The van der Waals surface area contributed by atoms with Crippen LogP contribution in [0.1, 0.15) is 60.6 Å². The van der Waals surface area contributed by atoms with Gasteiger partial charge in [0.25, 0.3) is 0 Å². The molecule has 2 rings (SSSR count). The molecule has 1 aromatic rings. The molecule has 0 saturated heterocycles. The summed E-state index contributed by atoms with van der Waals surface area (Å²) in [6.45, 7) is 4.25. The second-order valence-corrected chi connectivity index (χ2v) is 5.24. The predicted molar refractivity (Wildman–Crippen MR) is 60.7 cm³/mol. The van der Waals surface area contributed by atoms with Crippen molar-refractivity contribution in [2.75, 3.05) is 0 Å². The van der Waals surface area contributed by atoms with Crippen LogP contribution in [-0.2, 0) is 6.42 Å². The summed E-state index contributed by atoms with van der Waals surface area (Å²) in [5.74, 6) is 0.767. The zero-order valence-corrected chi connectivity index (χ0v) is 9.73. The molecule has 1 unspecified atom stereocenters. The maximum absolute atomic E-state index is 5.95. The van der Waals surface area contributed by atoms with Gasteiger partial charge in [-0.2, -0.15) is 0 Å². The van der Waals surface area contributed by atoms with Crippen molar-refractivity contribution in [3.05, 3.63) is 15.6 Å². The van der Waals surface area contributed by atoms with Gasteiger partial charge in [0.1, 0.15) is 0 Å². The van der Waals surface area contributed by atoms with Crippen LogP contribution < -0.4 is 5.73 Å². The van der Waals surface area contributed by atoms with Gasteiger partial charge < -0.3 is 5.73 Å². The van der Waals surface area contributed by atoms with Gasteiger partial charge in [0.05, 0.1) is 10.7 Å². The summed E-state index contributed by atoms with van der Waals surface area (Å²) in [5, 5.41) is 1.33. The number of aryl methyl sites for hydroxylation is 1. The minimum atomic E-state index is 0.154. The van der Waals surface area contributed by atoms with Crippen LogP contribution >= 0.6 is 11.3 Å². The average Bonchev–Trinajstić information content (AvgIpc) is 2.89. The molecule has 0 radical (unpaired) electrons. The van der Waals surface area contributed by atoms with Crippen LogP contribution in [0.25, 0.3) is 0 Å². The number of hydrogen-bond donors (Lipinski definition) is 1. The van der Waals surface area contributed by atoms with Crippen LogP contribution in [0, 0.1) is 0 Å². The molecule has 2 N–H and O–H groups in total. The smallest absolute Gasteiger partial charge is 0.0962 e. The third-order valence-corrected chi connectivity index (χ3v) is 4.03. The molecular weight excluding hydrogens is 192 g/mol. The van der Waals surface area contributed by atoms with E-state index in [1.807, 2.05) is 11.3 Å². The Balaban J connectivity index is 2.25. The summed E-state index contributed by atoms with van der Waals surface area (Å²) in [6.07, 6.45) is 4.91. The van der Waals surface area contributed by atoms with Gasteiger partial charge in [-0.15, -0.1) is 11.3 Å². The van der Waals surface area contributed by atoms with Crippen LogP contribution in [0.3, 0.4) is 0 Å². The van der Waals surface area contributed by atoms with Crippen molar-refractivity contribution in [1.29, 1.82) is 0 Å². The SMILES string of the molecule is CCCc1nc(C2CC2)sc1C(C)N. The third kappa shape index (κ3) is 1.98. The second-order valence-electron chi connectivity index (χ2n) is 4.18. The highest BCUT2D eigenvalue weighted by atomic mass is 32.1. The first kappa shape index (κ1) is 10.1. The fourth-order valence-electron chi connectivity index (χ4n) is 1.66. The molecule has 1 atom stereocenters. The fraction of sp³-hybridized carbons (Fsp3) is 0.727. The normalized spacial score (nSPS) is 18.5. The van der Waals surface area contributed by atoms with Crippen molar-refractivity contribution in [1.82, 2.24) is 4.98 Å². The van der Waals surface area contributed by atoms with Gasteiger partial charge in [-0.3, -0.25) is 0 Å². The van der Waals surface area contributed by atoms with Crippen LogP contribution in [0.5, 0.6) is 0 Å². The zero-order chi connectivity index (χ0) is 10.1. The van der Waals surface area contributed by atoms with E-state index >= 15 is 0 Å². The molecule has 1 aliphatic rings. The summed E-state index contributed by atoms with van der Waals surface area (Å²) in [5.41, 5.74) is 7.21. The summed E-state index contributed by atoms with van der Waals surface area (Å²) >= 11 is 1.84. The Morgan fingerprint density at radius 3 is 2.79 bits per heavy atom. The second kappa shape index (κ2) is 3.99. The number of nitrogens with zero attached hydrogens (tertiary/aromatic N) is 1. The predicted octanol–water partition coefficient (Wildman–Crippen LogP) is 2.99. The molecule has 1 aromatic heterocycles. The molecule has 2 nitrogen and oxygen atoms in total. The van der Waals surface area contributed by atoms with Crippen LogP contribution in [0.4, 0.5) is 0 Å². The molecule has 3 heteroatoms. The molecular formula is C11H18N2S. The van der Waals surface area contributed by atoms with Crippen molar-refractivity contribution in [2.45, 2.75) is 51.5 Å². The Morgan fingerprint density at radius 2 is 2.29 bits per heavy atom. The summed E-state index contributed by atoms with van der Waals surface area (Å²) in [4.78, 5) is 6.04. The largest absolute Gasteiger partial charge is 0.323 e. The van der Waals surface area contributed by atoms with E-state index in [1.54, 1.807) is 0 Å². The van der Waals surface area contributed by atoms with Crippen molar-refractivity contribution < 1.29 is 0 Å². The number of hydrogen-bond acceptors (Lipinski definition) is 3. The lowest BCUT2D eigenvalue weighted by Gasteiger charge is -2.03.